The number of nitrogens with one attached hydrogen (secondary N) is 1. The van der Waals surface area contributed by atoms with E-state index in [-0.39, 0.29) is 5.91 Å². The summed E-state index contributed by atoms with van der Waals surface area (Å²) in [4.78, 5) is 11.9. The third-order valence-electron chi connectivity index (χ3n) is 3.51. The van der Waals surface area contributed by atoms with E-state index in [9.17, 15) is 4.79 Å². The first-order valence-electron chi connectivity index (χ1n) is 6.90. The molecule has 0 saturated carbocycles. The van der Waals surface area contributed by atoms with Crippen LogP contribution in [0.1, 0.15) is 18.4 Å². The second kappa shape index (κ2) is 7.26. The molecule has 1 fully saturated rings. The van der Waals surface area contributed by atoms with Crippen LogP contribution in [-0.4, -0.2) is 31.7 Å². The topological polar surface area (TPSA) is 64.4 Å². The molecule has 0 spiro atoms. The van der Waals surface area contributed by atoms with Crippen LogP contribution < -0.4 is 11.1 Å². The van der Waals surface area contributed by atoms with Gasteiger partial charge in [0, 0.05) is 19.8 Å². The SMILES string of the molecule is N[C@@H](Cc1ccccc1)C(=O)NCCC1CCOC1. The standard InChI is InChI=1S/C15H22N2O2/c16-14(10-12-4-2-1-3-5-12)15(18)17-8-6-13-7-9-19-11-13/h1-5,13-14H,6-11,16H2,(H,17,18)/t13?,14-/m0/s1. The lowest BCUT2D eigenvalue weighted by Gasteiger charge is -2.13. The molecule has 19 heavy (non-hydrogen) atoms. The summed E-state index contributed by atoms with van der Waals surface area (Å²) in [5, 5.41) is 2.91. The normalized spacial score (nSPS) is 20.2. The fourth-order valence-electron chi connectivity index (χ4n) is 2.30. The summed E-state index contributed by atoms with van der Waals surface area (Å²) in [7, 11) is 0. The van der Waals surface area contributed by atoms with Crippen LogP contribution in [0.2, 0.25) is 0 Å². The molecule has 0 aliphatic carbocycles. The number of ether oxygens (including phenoxy) is 1. The highest BCUT2D eigenvalue weighted by Crippen LogP contribution is 2.15. The number of nitrogens with two attached hydrogens (primary N) is 1. The monoisotopic (exact) mass is 262 g/mol. The molecule has 104 valence electrons. The van der Waals surface area contributed by atoms with E-state index in [4.69, 9.17) is 10.5 Å². The van der Waals surface area contributed by atoms with E-state index in [0.717, 1.165) is 31.6 Å². The van der Waals surface area contributed by atoms with E-state index in [2.05, 4.69) is 5.32 Å². The Morgan fingerprint density at radius 3 is 2.89 bits per heavy atom. The van der Waals surface area contributed by atoms with E-state index in [1.165, 1.54) is 0 Å². The highest BCUT2D eigenvalue weighted by atomic mass is 16.5. The van der Waals surface area contributed by atoms with Crippen LogP contribution in [-0.2, 0) is 16.0 Å². The summed E-state index contributed by atoms with van der Waals surface area (Å²) in [6, 6.07) is 9.38. The fraction of sp³-hybridized carbons (Fsp3) is 0.533. The Morgan fingerprint density at radius 2 is 2.21 bits per heavy atom. The molecule has 2 rings (SSSR count). The molecular weight excluding hydrogens is 240 g/mol. The Labute approximate surface area is 114 Å². The maximum Gasteiger partial charge on any atom is 0.237 e. The Hall–Kier alpha value is -1.39. The molecule has 1 aliphatic rings. The lowest BCUT2D eigenvalue weighted by Crippen LogP contribution is -2.42. The van der Waals surface area contributed by atoms with Gasteiger partial charge in [-0.15, -0.1) is 0 Å². The van der Waals surface area contributed by atoms with Gasteiger partial charge >= 0.3 is 0 Å². The van der Waals surface area contributed by atoms with Crippen LogP contribution in [0, 0.1) is 5.92 Å². The van der Waals surface area contributed by atoms with Crippen molar-refractivity contribution in [1.29, 1.82) is 0 Å². The van der Waals surface area contributed by atoms with Gasteiger partial charge in [0.25, 0.3) is 0 Å². The van der Waals surface area contributed by atoms with Crippen LogP contribution in [0.25, 0.3) is 0 Å². The molecule has 0 radical (unpaired) electrons. The van der Waals surface area contributed by atoms with Crippen LogP contribution in [0.15, 0.2) is 30.3 Å². The van der Waals surface area contributed by atoms with Crippen molar-refractivity contribution in [2.75, 3.05) is 19.8 Å². The molecule has 0 aromatic heterocycles. The van der Waals surface area contributed by atoms with Crippen molar-refractivity contribution in [2.45, 2.75) is 25.3 Å². The molecule has 1 saturated heterocycles. The second-order valence-corrected chi connectivity index (χ2v) is 5.11. The number of hydrogen-bond acceptors (Lipinski definition) is 3. The van der Waals surface area contributed by atoms with Crippen molar-refractivity contribution in [2.24, 2.45) is 11.7 Å². The first kappa shape index (κ1) is 14.0. The highest BCUT2D eigenvalue weighted by molar-refractivity contribution is 5.81. The van der Waals surface area contributed by atoms with Crippen molar-refractivity contribution in [3.8, 4) is 0 Å². The van der Waals surface area contributed by atoms with Crippen molar-refractivity contribution in [1.82, 2.24) is 5.32 Å². The minimum Gasteiger partial charge on any atom is -0.381 e. The molecular formula is C15H22N2O2. The average molecular weight is 262 g/mol. The van der Waals surface area contributed by atoms with Gasteiger partial charge in [0.05, 0.1) is 6.04 Å². The predicted molar refractivity (Wildman–Crippen MR) is 74.7 cm³/mol. The molecule has 4 heteroatoms. The molecule has 3 N–H and O–H groups in total. The first-order chi connectivity index (χ1) is 9.25. The minimum absolute atomic E-state index is 0.0669. The molecule has 1 aromatic rings. The molecule has 2 atom stereocenters. The summed E-state index contributed by atoms with van der Waals surface area (Å²) in [5.41, 5.74) is 7.00. The Bertz CT molecular complexity index is 388. The Morgan fingerprint density at radius 1 is 1.42 bits per heavy atom. The van der Waals surface area contributed by atoms with E-state index >= 15 is 0 Å². The number of benzene rings is 1. The van der Waals surface area contributed by atoms with Gasteiger partial charge in [-0.1, -0.05) is 30.3 Å². The second-order valence-electron chi connectivity index (χ2n) is 5.11. The Balaban J connectivity index is 1.67. The van der Waals surface area contributed by atoms with Crippen LogP contribution in [0.5, 0.6) is 0 Å². The lowest BCUT2D eigenvalue weighted by molar-refractivity contribution is -0.122. The fourth-order valence-corrected chi connectivity index (χ4v) is 2.30. The van der Waals surface area contributed by atoms with Gasteiger partial charge in [-0.25, -0.2) is 0 Å². The van der Waals surface area contributed by atoms with Crippen LogP contribution >= 0.6 is 0 Å². The van der Waals surface area contributed by atoms with E-state index in [0.29, 0.717) is 18.9 Å². The molecule has 1 aliphatic heterocycles. The number of hydrogen-bond donors (Lipinski definition) is 2. The van der Waals surface area contributed by atoms with Gasteiger partial charge in [0.2, 0.25) is 5.91 Å². The third kappa shape index (κ3) is 4.65. The molecule has 4 nitrogen and oxygen atoms in total. The Kier molecular flexibility index (Phi) is 5.36. The maximum absolute atomic E-state index is 11.9. The third-order valence-corrected chi connectivity index (χ3v) is 3.51. The average Bonchev–Trinajstić information content (AvgIpc) is 2.93. The van der Waals surface area contributed by atoms with Crippen molar-refractivity contribution in [3.63, 3.8) is 0 Å². The quantitative estimate of drug-likeness (QED) is 0.807. The predicted octanol–water partition coefficient (Wildman–Crippen LogP) is 1.10. The van der Waals surface area contributed by atoms with Gasteiger partial charge in [0.15, 0.2) is 0 Å². The lowest BCUT2D eigenvalue weighted by atomic mass is 10.0. The minimum atomic E-state index is -0.470. The number of amides is 1. The number of carbonyl (C=O) groups excluding carboxylic acids is 1. The molecule has 0 bridgehead atoms. The molecule has 1 amide bonds. The van der Waals surface area contributed by atoms with Gasteiger partial charge in [0.1, 0.15) is 0 Å². The number of carbonyl (C=O) groups is 1. The molecule has 1 aromatic carbocycles. The summed E-state index contributed by atoms with van der Waals surface area (Å²) in [6.07, 6.45) is 2.66. The molecule has 1 heterocycles. The zero-order valence-electron chi connectivity index (χ0n) is 11.2. The van der Waals surface area contributed by atoms with E-state index in [1.807, 2.05) is 30.3 Å². The van der Waals surface area contributed by atoms with Crippen molar-refractivity contribution >= 4 is 5.91 Å². The van der Waals surface area contributed by atoms with Gasteiger partial charge in [-0.2, -0.15) is 0 Å². The summed E-state index contributed by atoms with van der Waals surface area (Å²) >= 11 is 0. The zero-order valence-corrected chi connectivity index (χ0v) is 11.2. The smallest absolute Gasteiger partial charge is 0.237 e. The van der Waals surface area contributed by atoms with Gasteiger partial charge in [-0.05, 0) is 30.7 Å². The summed E-state index contributed by atoms with van der Waals surface area (Å²) in [6.45, 7) is 2.37. The van der Waals surface area contributed by atoms with Crippen LogP contribution in [0.3, 0.4) is 0 Å². The maximum atomic E-state index is 11.9. The van der Waals surface area contributed by atoms with E-state index < -0.39 is 6.04 Å². The van der Waals surface area contributed by atoms with Crippen molar-refractivity contribution in [3.05, 3.63) is 35.9 Å². The largest absolute Gasteiger partial charge is 0.381 e. The number of rotatable bonds is 6. The van der Waals surface area contributed by atoms with Crippen LogP contribution in [0.4, 0.5) is 0 Å². The summed E-state index contributed by atoms with van der Waals surface area (Å²) in [5.74, 6) is 0.522. The van der Waals surface area contributed by atoms with Gasteiger partial charge < -0.3 is 15.8 Å². The highest BCUT2D eigenvalue weighted by Gasteiger charge is 2.17. The van der Waals surface area contributed by atoms with Crippen molar-refractivity contribution < 1.29 is 9.53 Å². The summed E-state index contributed by atoms with van der Waals surface area (Å²) < 4.78 is 5.30. The van der Waals surface area contributed by atoms with Gasteiger partial charge in [-0.3, -0.25) is 4.79 Å². The first-order valence-corrected chi connectivity index (χ1v) is 6.90. The molecule has 1 unspecified atom stereocenters. The van der Waals surface area contributed by atoms with E-state index in [1.54, 1.807) is 0 Å². The zero-order chi connectivity index (χ0) is 13.5.